The Hall–Kier alpha value is -3.16. The van der Waals surface area contributed by atoms with Crippen LogP contribution in [0.4, 0.5) is 10.1 Å². The summed E-state index contributed by atoms with van der Waals surface area (Å²) in [6.07, 6.45) is 0.622. The third kappa shape index (κ3) is 3.90. The molecule has 0 spiro atoms. The largest absolute Gasteiger partial charge is 0.490 e. The van der Waals surface area contributed by atoms with Crippen molar-refractivity contribution in [2.75, 3.05) is 19.8 Å². The highest BCUT2D eigenvalue weighted by Gasteiger charge is 2.26. The molecule has 0 aliphatic carbocycles. The molecule has 0 unspecified atom stereocenters. The van der Waals surface area contributed by atoms with E-state index in [2.05, 4.69) is 0 Å². The van der Waals surface area contributed by atoms with Crippen molar-refractivity contribution < 1.29 is 23.6 Å². The van der Waals surface area contributed by atoms with E-state index in [-0.39, 0.29) is 11.5 Å². The minimum atomic E-state index is -0.963. The average Bonchev–Trinajstić information content (AvgIpc) is 2.68. The monoisotopic (exact) mass is 388 g/mol. The second-order valence-corrected chi connectivity index (χ2v) is 6.33. The molecule has 7 nitrogen and oxygen atoms in total. The molecule has 8 heteroatoms. The first-order valence-electron chi connectivity index (χ1n) is 9.09. The standard InChI is InChI=1S/C20H21FN2O5/c1-3-27-18-10-13-7-8-22(12-15(13)11-19(18)28-4-2)20(24)14-5-6-16(21)17(9-14)23(25)26/h5-6,9-11H,3-4,7-8,12H2,1-2H3. The van der Waals surface area contributed by atoms with Crippen molar-refractivity contribution in [3.05, 3.63) is 63.0 Å². The summed E-state index contributed by atoms with van der Waals surface area (Å²) in [5.74, 6) is -0.0391. The highest BCUT2D eigenvalue weighted by atomic mass is 19.1. The number of halogens is 1. The number of nitro groups is 1. The van der Waals surface area contributed by atoms with E-state index in [1.165, 1.54) is 6.07 Å². The lowest BCUT2D eigenvalue weighted by atomic mass is 9.98. The molecule has 0 fully saturated rings. The number of rotatable bonds is 6. The maximum absolute atomic E-state index is 13.5. The maximum Gasteiger partial charge on any atom is 0.305 e. The first-order valence-corrected chi connectivity index (χ1v) is 9.09. The van der Waals surface area contributed by atoms with Gasteiger partial charge < -0.3 is 14.4 Å². The highest BCUT2D eigenvalue weighted by Crippen LogP contribution is 2.34. The van der Waals surface area contributed by atoms with Gasteiger partial charge in [-0.05, 0) is 55.7 Å². The molecule has 1 aliphatic rings. The van der Waals surface area contributed by atoms with Gasteiger partial charge in [-0.25, -0.2) is 0 Å². The number of amides is 1. The minimum absolute atomic E-state index is 0.0903. The zero-order valence-electron chi connectivity index (χ0n) is 15.7. The van der Waals surface area contributed by atoms with Gasteiger partial charge in [-0.2, -0.15) is 4.39 Å². The highest BCUT2D eigenvalue weighted by molar-refractivity contribution is 5.95. The van der Waals surface area contributed by atoms with E-state index >= 15 is 0 Å². The van der Waals surface area contributed by atoms with Gasteiger partial charge in [-0.15, -0.1) is 0 Å². The second-order valence-electron chi connectivity index (χ2n) is 6.33. The van der Waals surface area contributed by atoms with Crippen molar-refractivity contribution in [3.8, 4) is 11.5 Å². The van der Waals surface area contributed by atoms with Gasteiger partial charge in [-0.1, -0.05) is 0 Å². The molecule has 1 aliphatic heterocycles. The zero-order valence-corrected chi connectivity index (χ0v) is 15.7. The molecule has 0 bridgehead atoms. The predicted molar refractivity (Wildman–Crippen MR) is 100 cm³/mol. The first kappa shape index (κ1) is 19.6. The van der Waals surface area contributed by atoms with E-state index in [9.17, 15) is 19.3 Å². The van der Waals surface area contributed by atoms with Crippen LogP contribution < -0.4 is 9.47 Å². The van der Waals surface area contributed by atoms with Crippen LogP contribution in [-0.2, 0) is 13.0 Å². The SMILES string of the molecule is CCOc1cc2c(cc1OCC)CN(C(=O)c1ccc(F)c([N+](=O)[O-])c1)CC2. The third-order valence-corrected chi connectivity index (χ3v) is 4.55. The molecular formula is C20H21FN2O5. The summed E-state index contributed by atoms with van der Waals surface area (Å²) >= 11 is 0. The van der Waals surface area contributed by atoms with E-state index in [0.717, 1.165) is 23.3 Å². The lowest BCUT2D eigenvalue weighted by molar-refractivity contribution is -0.387. The zero-order chi connectivity index (χ0) is 20.3. The fourth-order valence-corrected chi connectivity index (χ4v) is 3.24. The Morgan fingerprint density at radius 1 is 1.14 bits per heavy atom. The van der Waals surface area contributed by atoms with Crippen molar-refractivity contribution >= 4 is 11.6 Å². The first-order chi connectivity index (χ1) is 13.4. The molecule has 148 valence electrons. The number of nitro benzene ring substituents is 1. The number of carbonyl (C=O) groups is 1. The molecule has 0 radical (unpaired) electrons. The Kier molecular flexibility index (Phi) is 5.77. The molecule has 3 rings (SSSR count). The van der Waals surface area contributed by atoms with Gasteiger partial charge in [0.1, 0.15) is 0 Å². The van der Waals surface area contributed by atoms with Crippen LogP contribution in [0.1, 0.15) is 35.3 Å². The van der Waals surface area contributed by atoms with Gasteiger partial charge >= 0.3 is 5.69 Å². The van der Waals surface area contributed by atoms with E-state index in [1.54, 1.807) is 4.90 Å². The Balaban J connectivity index is 1.86. The van der Waals surface area contributed by atoms with E-state index in [1.807, 2.05) is 26.0 Å². The molecule has 2 aromatic rings. The molecule has 0 atom stereocenters. The van der Waals surface area contributed by atoms with Crippen LogP contribution >= 0.6 is 0 Å². The predicted octanol–water partition coefficient (Wildman–Crippen LogP) is 3.73. The normalized spacial score (nSPS) is 13.0. The summed E-state index contributed by atoms with van der Waals surface area (Å²) in [5, 5.41) is 10.9. The molecule has 1 amide bonds. The lowest BCUT2D eigenvalue weighted by Gasteiger charge is -2.30. The van der Waals surface area contributed by atoms with E-state index in [4.69, 9.17) is 9.47 Å². The van der Waals surface area contributed by atoms with Crippen LogP contribution in [0.3, 0.4) is 0 Å². The average molecular weight is 388 g/mol. The van der Waals surface area contributed by atoms with Crippen molar-refractivity contribution in [2.24, 2.45) is 0 Å². The van der Waals surface area contributed by atoms with Crippen molar-refractivity contribution in [2.45, 2.75) is 26.8 Å². The smallest absolute Gasteiger partial charge is 0.305 e. The molecule has 1 heterocycles. The van der Waals surface area contributed by atoms with Gasteiger partial charge in [0.25, 0.3) is 5.91 Å². The number of carbonyl (C=O) groups excluding carboxylic acids is 1. The Morgan fingerprint density at radius 3 is 2.39 bits per heavy atom. The van der Waals surface area contributed by atoms with Crippen molar-refractivity contribution in [3.63, 3.8) is 0 Å². The molecule has 0 saturated carbocycles. The van der Waals surface area contributed by atoms with Crippen LogP contribution in [0.2, 0.25) is 0 Å². The summed E-state index contributed by atoms with van der Waals surface area (Å²) in [7, 11) is 0. The number of hydrogen-bond donors (Lipinski definition) is 0. The summed E-state index contributed by atoms with van der Waals surface area (Å²) in [4.78, 5) is 24.5. The van der Waals surface area contributed by atoms with Gasteiger partial charge in [0, 0.05) is 24.7 Å². The van der Waals surface area contributed by atoms with Crippen LogP contribution in [0.25, 0.3) is 0 Å². The lowest BCUT2D eigenvalue weighted by Crippen LogP contribution is -2.36. The third-order valence-electron chi connectivity index (χ3n) is 4.55. The second kappa shape index (κ2) is 8.24. The number of nitrogens with zero attached hydrogens (tertiary/aromatic N) is 2. The summed E-state index contributed by atoms with van der Waals surface area (Å²) in [6, 6.07) is 7.01. The van der Waals surface area contributed by atoms with Gasteiger partial charge in [-0.3, -0.25) is 14.9 Å². The van der Waals surface area contributed by atoms with Gasteiger partial charge in [0.15, 0.2) is 11.5 Å². The molecule has 2 aromatic carbocycles. The Bertz CT molecular complexity index is 916. The Labute approximate surface area is 161 Å². The van der Waals surface area contributed by atoms with Crippen LogP contribution in [0.5, 0.6) is 11.5 Å². The van der Waals surface area contributed by atoms with Crippen molar-refractivity contribution in [1.29, 1.82) is 0 Å². The van der Waals surface area contributed by atoms with Gasteiger partial charge in [0.2, 0.25) is 5.82 Å². The minimum Gasteiger partial charge on any atom is -0.490 e. The summed E-state index contributed by atoms with van der Waals surface area (Å²) in [5.41, 5.74) is 1.39. The van der Waals surface area contributed by atoms with Crippen LogP contribution in [0.15, 0.2) is 30.3 Å². The van der Waals surface area contributed by atoms with E-state index < -0.39 is 16.4 Å². The molecule has 0 saturated heterocycles. The quantitative estimate of drug-likeness (QED) is 0.556. The van der Waals surface area contributed by atoms with E-state index in [0.29, 0.717) is 44.2 Å². The molecule has 28 heavy (non-hydrogen) atoms. The maximum atomic E-state index is 13.5. The summed E-state index contributed by atoms with van der Waals surface area (Å²) < 4.78 is 24.8. The van der Waals surface area contributed by atoms with Gasteiger partial charge in [0.05, 0.1) is 18.1 Å². The number of ether oxygens (including phenoxy) is 2. The Morgan fingerprint density at radius 2 is 1.79 bits per heavy atom. The fraction of sp³-hybridized carbons (Fsp3) is 0.350. The number of benzene rings is 2. The number of fused-ring (bicyclic) bond motifs is 1. The summed E-state index contributed by atoms with van der Waals surface area (Å²) in [6.45, 7) is 5.58. The van der Waals surface area contributed by atoms with Crippen LogP contribution in [0, 0.1) is 15.9 Å². The number of hydrogen-bond acceptors (Lipinski definition) is 5. The van der Waals surface area contributed by atoms with Crippen LogP contribution in [-0.4, -0.2) is 35.5 Å². The molecular weight excluding hydrogens is 367 g/mol. The van der Waals surface area contributed by atoms with Crippen molar-refractivity contribution in [1.82, 2.24) is 4.90 Å². The topological polar surface area (TPSA) is 81.9 Å². The molecule has 0 aromatic heterocycles. The fourth-order valence-electron chi connectivity index (χ4n) is 3.24. The molecule has 0 N–H and O–H groups in total.